The Morgan fingerprint density at radius 3 is 2.86 bits per heavy atom. The first kappa shape index (κ1) is 10.7. The molecule has 0 saturated heterocycles. The van der Waals surface area contributed by atoms with Crippen LogP contribution in [0.25, 0.3) is 0 Å². The van der Waals surface area contributed by atoms with Gasteiger partial charge in [0, 0.05) is 12.3 Å². The number of hydrogen-bond donors (Lipinski definition) is 1. The van der Waals surface area contributed by atoms with Crippen LogP contribution in [0.5, 0.6) is 0 Å². The summed E-state index contributed by atoms with van der Waals surface area (Å²) in [6.07, 6.45) is 0. The second-order valence-electron chi connectivity index (χ2n) is 2.60. The first-order valence-corrected chi connectivity index (χ1v) is 5.04. The number of carbonyl (C=O) groups excluding carboxylic acids is 2. The third-order valence-corrected chi connectivity index (χ3v) is 2.31. The van der Waals surface area contributed by atoms with Crippen LogP contribution < -0.4 is 5.32 Å². The summed E-state index contributed by atoms with van der Waals surface area (Å²) in [5, 5.41) is 4.29. The van der Waals surface area contributed by atoms with Gasteiger partial charge in [0.2, 0.25) is 5.91 Å². The molecule has 0 atom stereocenters. The second-order valence-corrected chi connectivity index (χ2v) is 3.51. The summed E-state index contributed by atoms with van der Waals surface area (Å²) >= 11 is 1.25. The van der Waals surface area contributed by atoms with Gasteiger partial charge in [-0.2, -0.15) is 0 Å². The van der Waals surface area contributed by atoms with E-state index in [2.05, 4.69) is 5.32 Å². The van der Waals surface area contributed by atoms with Gasteiger partial charge in [0.25, 0.3) is 0 Å². The standard InChI is InChI=1S/C9H11NO3S/c1-3-13-9(12)8-4-7(5-14-8)10-6(2)11/h4-5H,3H2,1-2H3,(H,10,11). The lowest BCUT2D eigenvalue weighted by Crippen LogP contribution is -2.05. The molecule has 0 aliphatic heterocycles. The molecule has 0 unspecified atom stereocenters. The molecule has 1 rings (SSSR count). The van der Waals surface area contributed by atoms with E-state index in [-0.39, 0.29) is 11.9 Å². The zero-order valence-electron chi connectivity index (χ0n) is 7.99. The van der Waals surface area contributed by atoms with Crippen LogP contribution >= 0.6 is 11.3 Å². The highest BCUT2D eigenvalue weighted by Gasteiger charge is 2.09. The zero-order chi connectivity index (χ0) is 10.6. The number of nitrogens with one attached hydrogen (secondary N) is 1. The van der Waals surface area contributed by atoms with E-state index in [9.17, 15) is 9.59 Å². The van der Waals surface area contributed by atoms with Gasteiger partial charge in [0.1, 0.15) is 4.88 Å². The van der Waals surface area contributed by atoms with Gasteiger partial charge in [0.15, 0.2) is 0 Å². The largest absolute Gasteiger partial charge is 0.462 e. The van der Waals surface area contributed by atoms with Gasteiger partial charge < -0.3 is 10.1 Å². The fourth-order valence-corrected chi connectivity index (χ4v) is 1.65. The highest BCUT2D eigenvalue weighted by molar-refractivity contribution is 7.12. The maximum absolute atomic E-state index is 11.2. The molecule has 0 spiro atoms. The monoisotopic (exact) mass is 213 g/mol. The van der Waals surface area contributed by atoms with Crippen LogP contribution in [0, 0.1) is 0 Å². The van der Waals surface area contributed by atoms with Crippen LogP contribution in [0.1, 0.15) is 23.5 Å². The van der Waals surface area contributed by atoms with E-state index in [4.69, 9.17) is 4.74 Å². The quantitative estimate of drug-likeness (QED) is 0.780. The van der Waals surface area contributed by atoms with E-state index in [0.717, 1.165) is 0 Å². The van der Waals surface area contributed by atoms with E-state index in [1.165, 1.54) is 18.3 Å². The van der Waals surface area contributed by atoms with Gasteiger partial charge in [-0.1, -0.05) is 0 Å². The van der Waals surface area contributed by atoms with Gasteiger partial charge in [-0.15, -0.1) is 11.3 Å². The number of rotatable bonds is 3. The molecule has 0 aromatic carbocycles. The lowest BCUT2D eigenvalue weighted by atomic mass is 10.4. The third-order valence-electron chi connectivity index (χ3n) is 1.40. The number of carbonyl (C=O) groups is 2. The smallest absolute Gasteiger partial charge is 0.348 e. The van der Waals surface area contributed by atoms with Crippen molar-refractivity contribution < 1.29 is 14.3 Å². The Kier molecular flexibility index (Phi) is 3.64. The van der Waals surface area contributed by atoms with Crippen LogP contribution in [0.4, 0.5) is 5.69 Å². The van der Waals surface area contributed by atoms with E-state index < -0.39 is 0 Å². The van der Waals surface area contributed by atoms with Crippen molar-refractivity contribution in [2.45, 2.75) is 13.8 Å². The molecule has 0 bridgehead atoms. The van der Waals surface area contributed by atoms with Crippen molar-refractivity contribution in [1.29, 1.82) is 0 Å². The Labute approximate surface area is 85.9 Å². The van der Waals surface area contributed by atoms with Crippen molar-refractivity contribution in [3.05, 3.63) is 16.3 Å². The Bertz CT molecular complexity index is 346. The molecule has 1 aromatic heterocycles. The summed E-state index contributed by atoms with van der Waals surface area (Å²) in [5.74, 6) is -0.507. The SMILES string of the molecule is CCOC(=O)c1cc(NC(C)=O)cs1. The first-order chi connectivity index (χ1) is 6.63. The molecular weight excluding hydrogens is 202 g/mol. The highest BCUT2D eigenvalue weighted by atomic mass is 32.1. The Morgan fingerprint density at radius 2 is 2.29 bits per heavy atom. The predicted molar refractivity (Wildman–Crippen MR) is 54.6 cm³/mol. The number of amides is 1. The van der Waals surface area contributed by atoms with Gasteiger partial charge in [-0.3, -0.25) is 4.79 Å². The number of esters is 1. The molecule has 5 heteroatoms. The summed E-state index contributed by atoms with van der Waals surface area (Å²) in [6, 6.07) is 1.60. The predicted octanol–water partition coefficient (Wildman–Crippen LogP) is 1.88. The number of anilines is 1. The summed E-state index contributed by atoms with van der Waals surface area (Å²) in [7, 11) is 0. The Balaban J connectivity index is 2.67. The summed E-state index contributed by atoms with van der Waals surface area (Å²) in [5.41, 5.74) is 0.630. The normalized spacial score (nSPS) is 9.57. The van der Waals surface area contributed by atoms with Crippen LogP contribution in [0.15, 0.2) is 11.4 Å². The van der Waals surface area contributed by atoms with Gasteiger partial charge in [-0.05, 0) is 13.0 Å². The fourth-order valence-electron chi connectivity index (χ4n) is 0.914. The van der Waals surface area contributed by atoms with Crippen molar-refractivity contribution in [1.82, 2.24) is 0 Å². The minimum Gasteiger partial charge on any atom is -0.462 e. The van der Waals surface area contributed by atoms with Gasteiger partial charge >= 0.3 is 5.97 Å². The molecule has 14 heavy (non-hydrogen) atoms. The summed E-state index contributed by atoms with van der Waals surface area (Å²) in [4.78, 5) is 22.4. The first-order valence-electron chi connectivity index (χ1n) is 4.16. The molecule has 76 valence electrons. The molecule has 0 radical (unpaired) electrons. The molecule has 4 nitrogen and oxygen atoms in total. The van der Waals surface area contributed by atoms with Crippen molar-refractivity contribution in [2.24, 2.45) is 0 Å². The zero-order valence-corrected chi connectivity index (χ0v) is 8.81. The lowest BCUT2D eigenvalue weighted by Gasteiger charge is -1.97. The molecule has 1 N–H and O–H groups in total. The van der Waals surface area contributed by atoms with Crippen molar-refractivity contribution in [2.75, 3.05) is 11.9 Å². The van der Waals surface area contributed by atoms with Gasteiger partial charge in [-0.25, -0.2) is 4.79 Å². The van der Waals surface area contributed by atoms with E-state index in [1.807, 2.05) is 0 Å². The summed E-state index contributed by atoms with van der Waals surface area (Å²) < 4.78 is 4.81. The van der Waals surface area contributed by atoms with Crippen LogP contribution in [-0.4, -0.2) is 18.5 Å². The van der Waals surface area contributed by atoms with Crippen LogP contribution in [0.2, 0.25) is 0 Å². The second kappa shape index (κ2) is 4.76. The molecular formula is C9H11NO3S. The molecule has 0 fully saturated rings. The minimum atomic E-state index is -0.353. The average Bonchev–Trinajstić information content (AvgIpc) is 2.52. The molecule has 0 aliphatic carbocycles. The van der Waals surface area contributed by atoms with Crippen LogP contribution in [0.3, 0.4) is 0 Å². The third kappa shape index (κ3) is 2.85. The minimum absolute atomic E-state index is 0.154. The maximum atomic E-state index is 11.2. The van der Waals surface area contributed by atoms with E-state index in [0.29, 0.717) is 17.2 Å². The molecule has 0 aliphatic rings. The van der Waals surface area contributed by atoms with E-state index in [1.54, 1.807) is 18.4 Å². The number of hydrogen-bond acceptors (Lipinski definition) is 4. The fraction of sp³-hybridized carbons (Fsp3) is 0.333. The highest BCUT2D eigenvalue weighted by Crippen LogP contribution is 2.19. The lowest BCUT2D eigenvalue weighted by molar-refractivity contribution is -0.114. The Morgan fingerprint density at radius 1 is 1.57 bits per heavy atom. The number of ether oxygens (including phenoxy) is 1. The van der Waals surface area contributed by atoms with Crippen LogP contribution in [-0.2, 0) is 9.53 Å². The van der Waals surface area contributed by atoms with Crippen molar-refractivity contribution in [3.63, 3.8) is 0 Å². The maximum Gasteiger partial charge on any atom is 0.348 e. The average molecular weight is 213 g/mol. The van der Waals surface area contributed by atoms with Crippen molar-refractivity contribution >= 4 is 28.9 Å². The molecule has 1 heterocycles. The molecule has 1 aromatic rings. The van der Waals surface area contributed by atoms with E-state index >= 15 is 0 Å². The Hall–Kier alpha value is -1.36. The van der Waals surface area contributed by atoms with Crippen molar-refractivity contribution in [3.8, 4) is 0 Å². The topological polar surface area (TPSA) is 55.4 Å². The summed E-state index contributed by atoms with van der Waals surface area (Å²) in [6.45, 7) is 3.52. The van der Waals surface area contributed by atoms with Gasteiger partial charge in [0.05, 0.1) is 12.3 Å². The number of thiophene rings is 1. The molecule has 0 saturated carbocycles. The molecule has 1 amide bonds.